The Morgan fingerprint density at radius 2 is 2.16 bits per heavy atom. The normalized spacial score (nSPS) is 10.5. The number of nitrogens with zero attached hydrogens (tertiary/aromatic N) is 2. The molecule has 0 fully saturated rings. The fourth-order valence-corrected chi connectivity index (χ4v) is 2.24. The topological polar surface area (TPSA) is 44.1 Å². The maximum atomic E-state index is 10.8. The van der Waals surface area contributed by atoms with Crippen molar-refractivity contribution in [2.75, 3.05) is 7.11 Å². The van der Waals surface area contributed by atoms with Crippen LogP contribution >= 0.6 is 15.9 Å². The number of aldehydes is 1. The second-order valence-electron chi connectivity index (χ2n) is 4.33. The standard InChI is InChI=1S/C14H15BrN2O2/c1-9-14(15)10(2)17(16-9)7-12-5-4-11(8-18)6-13(12)19-3/h4-6,8H,7H2,1-3H3. The molecule has 5 heteroatoms. The van der Waals surface area contributed by atoms with Gasteiger partial charge in [-0.25, -0.2) is 0 Å². The third kappa shape index (κ3) is 2.71. The number of halogens is 1. The van der Waals surface area contributed by atoms with Gasteiger partial charge in [0.05, 0.1) is 29.5 Å². The highest BCUT2D eigenvalue weighted by Crippen LogP contribution is 2.24. The van der Waals surface area contributed by atoms with E-state index in [0.29, 0.717) is 17.9 Å². The number of aromatic nitrogens is 2. The van der Waals surface area contributed by atoms with Gasteiger partial charge >= 0.3 is 0 Å². The molecule has 0 aliphatic heterocycles. The van der Waals surface area contributed by atoms with Crippen molar-refractivity contribution in [3.05, 3.63) is 45.2 Å². The minimum absolute atomic E-state index is 0.607. The smallest absolute Gasteiger partial charge is 0.150 e. The third-order valence-electron chi connectivity index (χ3n) is 3.06. The van der Waals surface area contributed by atoms with E-state index in [-0.39, 0.29) is 0 Å². The molecule has 0 atom stereocenters. The van der Waals surface area contributed by atoms with Gasteiger partial charge in [-0.2, -0.15) is 5.10 Å². The number of rotatable bonds is 4. The number of ether oxygens (including phenoxy) is 1. The molecular weight excluding hydrogens is 308 g/mol. The zero-order valence-corrected chi connectivity index (χ0v) is 12.7. The molecule has 0 saturated heterocycles. The van der Waals surface area contributed by atoms with Crippen LogP contribution in [0.3, 0.4) is 0 Å². The molecule has 0 spiro atoms. The van der Waals surface area contributed by atoms with Crippen LogP contribution in [-0.2, 0) is 6.54 Å². The molecule has 2 rings (SSSR count). The van der Waals surface area contributed by atoms with Gasteiger partial charge in [-0.3, -0.25) is 9.48 Å². The summed E-state index contributed by atoms with van der Waals surface area (Å²) in [5, 5.41) is 4.47. The van der Waals surface area contributed by atoms with Crippen molar-refractivity contribution >= 4 is 22.2 Å². The molecule has 1 aromatic carbocycles. The zero-order chi connectivity index (χ0) is 14.0. The summed E-state index contributed by atoms with van der Waals surface area (Å²) in [6.45, 7) is 4.58. The first-order valence-electron chi connectivity index (χ1n) is 5.88. The SMILES string of the molecule is COc1cc(C=O)ccc1Cn1nc(C)c(Br)c1C. The summed E-state index contributed by atoms with van der Waals surface area (Å²) in [7, 11) is 1.60. The Kier molecular flexibility index (Phi) is 4.04. The number of aryl methyl sites for hydroxylation is 1. The Hall–Kier alpha value is -1.62. The quantitative estimate of drug-likeness (QED) is 0.812. The predicted octanol–water partition coefficient (Wildman–Crippen LogP) is 3.13. The van der Waals surface area contributed by atoms with Crippen LogP contribution in [0.25, 0.3) is 0 Å². The van der Waals surface area contributed by atoms with Gasteiger partial charge in [0.2, 0.25) is 0 Å². The summed E-state index contributed by atoms with van der Waals surface area (Å²) in [5.41, 5.74) is 3.63. The van der Waals surface area contributed by atoms with E-state index in [1.54, 1.807) is 19.2 Å². The fourth-order valence-electron chi connectivity index (χ4n) is 1.96. The predicted molar refractivity (Wildman–Crippen MR) is 76.9 cm³/mol. The Labute approximate surface area is 120 Å². The van der Waals surface area contributed by atoms with Crippen molar-refractivity contribution in [3.8, 4) is 5.75 Å². The lowest BCUT2D eigenvalue weighted by atomic mass is 10.1. The van der Waals surface area contributed by atoms with E-state index in [1.807, 2.05) is 24.6 Å². The van der Waals surface area contributed by atoms with Gasteiger partial charge in [0.1, 0.15) is 12.0 Å². The molecule has 0 N–H and O–H groups in total. The molecule has 0 aliphatic carbocycles. The highest BCUT2D eigenvalue weighted by molar-refractivity contribution is 9.10. The molecular formula is C14H15BrN2O2. The first-order chi connectivity index (χ1) is 9.06. The lowest BCUT2D eigenvalue weighted by molar-refractivity contribution is 0.112. The highest BCUT2D eigenvalue weighted by atomic mass is 79.9. The molecule has 100 valence electrons. The minimum atomic E-state index is 0.607. The first kappa shape index (κ1) is 13.8. The average molecular weight is 323 g/mol. The monoisotopic (exact) mass is 322 g/mol. The minimum Gasteiger partial charge on any atom is -0.496 e. The Morgan fingerprint density at radius 3 is 2.68 bits per heavy atom. The summed E-state index contributed by atoms with van der Waals surface area (Å²) in [5.74, 6) is 0.702. The van der Waals surface area contributed by atoms with Gasteiger partial charge in [0, 0.05) is 11.1 Å². The lowest BCUT2D eigenvalue weighted by Gasteiger charge is -2.10. The number of hydrogen-bond acceptors (Lipinski definition) is 3. The largest absolute Gasteiger partial charge is 0.496 e. The average Bonchev–Trinajstić information content (AvgIpc) is 2.67. The molecule has 0 radical (unpaired) electrons. The summed E-state index contributed by atoms with van der Waals surface area (Å²) in [6, 6.07) is 5.42. The van der Waals surface area contributed by atoms with Crippen molar-refractivity contribution in [1.82, 2.24) is 9.78 Å². The highest BCUT2D eigenvalue weighted by Gasteiger charge is 2.11. The molecule has 0 amide bonds. The van der Waals surface area contributed by atoms with E-state index in [1.165, 1.54) is 0 Å². The van der Waals surface area contributed by atoms with Crippen LogP contribution in [0.2, 0.25) is 0 Å². The van der Waals surface area contributed by atoms with E-state index in [9.17, 15) is 4.79 Å². The van der Waals surface area contributed by atoms with Crippen LogP contribution in [0.1, 0.15) is 27.3 Å². The van der Waals surface area contributed by atoms with E-state index < -0.39 is 0 Å². The molecule has 0 unspecified atom stereocenters. The fraction of sp³-hybridized carbons (Fsp3) is 0.286. The second-order valence-corrected chi connectivity index (χ2v) is 5.12. The van der Waals surface area contributed by atoms with E-state index >= 15 is 0 Å². The van der Waals surface area contributed by atoms with Gasteiger partial charge in [-0.1, -0.05) is 12.1 Å². The lowest BCUT2D eigenvalue weighted by Crippen LogP contribution is -2.06. The third-order valence-corrected chi connectivity index (χ3v) is 4.21. The van der Waals surface area contributed by atoms with Gasteiger partial charge in [-0.15, -0.1) is 0 Å². The number of benzene rings is 1. The maximum Gasteiger partial charge on any atom is 0.150 e. The number of hydrogen-bond donors (Lipinski definition) is 0. The van der Waals surface area contributed by atoms with Crippen LogP contribution in [0.15, 0.2) is 22.7 Å². The van der Waals surface area contributed by atoms with E-state index in [0.717, 1.165) is 27.7 Å². The summed E-state index contributed by atoms with van der Waals surface area (Å²) < 4.78 is 8.26. The van der Waals surface area contributed by atoms with Gasteiger partial charge in [0.15, 0.2) is 0 Å². The maximum absolute atomic E-state index is 10.8. The number of carbonyl (C=O) groups is 1. The van der Waals surface area contributed by atoms with Crippen LogP contribution < -0.4 is 4.74 Å². The summed E-state index contributed by atoms with van der Waals surface area (Å²) in [6.07, 6.45) is 0.812. The van der Waals surface area contributed by atoms with Crippen molar-refractivity contribution in [3.63, 3.8) is 0 Å². The Morgan fingerprint density at radius 1 is 1.42 bits per heavy atom. The van der Waals surface area contributed by atoms with E-state index in [4.69, 9.17) is 4.74 Å². The van der Waals surface area contributed by atoms with Crippen molar-refractivity contribution < 1.29 is 9.53 Å². The van der Waals surface area contributed by atoms with Crippen LogP contribution in [-0.4, -0.2) is 23.2 Å². The van der Waals surface area contributed by atoms with Crippen molar-refractivity contribution in [2.45, 2.75) is 20.4 Å². The molecule has 4 nitrogen and oxygen atoms in total. The van der Waals surface area contributed by atoms with Crippen LogP contribution in [0.4, 0.5) is 0 Å². The zero-order valence-electron chi connectivity index (χ0n) is 11.1. The van der Waals surface area contributed by atoms with Gasteiger partial charge < -0.3 is 4.74 Å². The number of methoxy groups -OCH3 is 1. The Bertz CT molecular complexity index is 620. The van der Waals surface area contributed by atoms with Crippen molar-refractivity contribution in [1.29, 1.82) is 0 Å². The van der Waals surface area contributed by atoms with Crippen LogP contribution in [0, 0.1) is 13.8 Å². The first-order valence-corrected chi connectivity index (χ1v) is 6.67. The van der Waals surface area contributed by atoms with Gasteiger partial charge in [0.25, 0.3) is 0 Å². The molecule has 2 aromatic rings. The van der Waals surface area contributed by atoms with Crippen molar-refractivity contribution in [2.24, 2.45) is 0 Å². The molecule has 0 saturated carbocycles. The molecule has 0 bridgehead atoms. The van der Waals surface area contributed by atoms with Gasteiger partial charge in [-0.05, 0) is 35.8 Å². The summed E-state index contributed by atoms with van der Waals surface area (Å²) in [4.78, 5) is 10.8. The number of carbonyl (C=O) groups excluding carboxylic acids is 1. The van der Waals surface area contributed by atoms with Crippen LogP contribution in [0.5, 0.6) is 5.75 Å². The summed E-state index contributed by atoms with van der Waals surface area (Å²) >= 11 is 3.51. The second kappa shape index (κ2) is 5.57. The molecule has 1 heterocycles. The molecule has 1 aromatic heterocycles. The Balaban J connectivity index is 2.37. The molecule has 0 aliphatic rings. The van der Waals surface area contributed by atoms with E-state index in [2.05, 4.69) is 21.0 Å². The molecule has 19 heavy (non-hydrogen) atoms.